The van der Waals surface area contributed by atoms with E-state index in [1.165, 1.54) is 6.42 Å². The summed E-state index contributed by atoms with van der Waals surface area (Å²) in [7, 11) is 0. The Morgan fingerprint density at radius 2 is 2.18 bits per heavy atom. The van der Waals surface area contributed by atoms with Gasteiger partial charge in [0, 0.05) is 13.0 Å². The maximum atomic E-state index is 5.45. The second-order valence-corrected chi connectivity index (χ2v) is 6.59. The largest absolute Gasteiger partial charge is 0.339 e. The smallest absolute Gasteiger partial charge is 0.233 e. The summed E-state index contributed by atoms with van der Waals surface area (Å²) in [5.74, 6) is 1.63. The fraction of sp³-hybridized carbons (Fsp3) is 0.846. The van der Waals surface area contributed by atoms with E-state index in [2.05, 4.69) is 43.2 Å². The molecule has 0 amide bonds. The highest BCUT2D eigenvalue weighted by molar-refractivity contribution is 5.06. The summed E-state index contributed by atoms with van der Waals surface area (Å²) in [5.41, 5.74) is 0.217. The van der Waals surface area contributed by atoms with Crippen molar-refractivity contribution in [2.45, 2.75) is 52.4 Å². The summed E-state index contributed by atoms with van der Waals surface area (Å²) in [6.07, 6.45) is 3.16. The van der Waals surface area contributed by atoms with Crippen LogP contribution in [0.4, 0.5) is 0 Å². The van der Waals surface area contributed by atoms with Crippen molar-refractivity contribution in [2.24, 2.45) is 5.41 Å². The third-order valence-corrected chi connectivity index (χ3v) is 3.27. The summed E-state index contributed by atoms with van der Waals surface area (Å²) < 4.78 is 5.45. The van der Waals surface area contributed by atoms with Crippen LogP contribution in [0.2, 0.25) is 0 Å². The van der Waals surface area contributed by atoms with Gasteiger partial charge in [-0.2, -0.15) is 4.98 Å². The predicted octanol–water partition coefficient (Wildman–Crippen LogP) is 2.30. The van der Waals surface area contributed by atoms with Gasteiger partial charge in [-0.05, 0) is 31.7 Å². The molecule has 2 heterocycles. The van der Waals surface area contributed by atoms with E-state index in [-0.39, 0.29) is 10.8 Å². The van der Waals surface area contributed by atoms with Gasteiger partial charge < -0.3 is 9.84 Å². The highest BCUT2D eigenvalue weighted by atomic mass is 16.5. The SMILES string of the molecule is CC(C)(C)Cc1noc(C2(C)CCCNC2)n1. The molecular weight excluding hydrogens is 214 g/mol. The van der Waals surface area contributed by atoms with Crippen LogP contribution in [0.5, 0.6) is 0 Å². The highest BCUT2D eigenvalue weighted by Crippen LogP contribution is 2.30. The summed E-state index contributed by atoms with van der Waals surface area (Å²) in [6, 6.07) is 0. The minimum absolute atomic E-state index is 0.0153. The highest BCUT2D eigenvalue weighted by Gasteiger charge is 2.34. The normalized spacial score (nSPS) is 26.1. The first-order valence-corrected chi connectivity index (χ1v) is 6.43. The van der Waals surface area contributed by atoms with Crippen molar-refractivity contribution in [3.8, 4) is 0 Å². The first kappa shape index (κ1) is 12.6. The lowest BCUT2D eigenvalue weighted by molar-refractivity contribution is 0.244. The Balaban J connectivity index is 2.12. The van der Waals surface area contributed by atoms with Crippen LogP contribution in [0.25, 0.3) is 0 Å². The van der Waals surface area contributed by atoms with Crippen molar-refractivity contribution in [1.82, 2.24) is 15.5 Å². The molecule has 4 heteroatoms. The number of hydrogen-bond acceptors (Lipinski definition) is 4. The van der Waals surface area contributed by atoms with E-state index in [1.807, 2.05) is 0 Å². The standard InChI is InChI=1S/C13H23N3O/c1-12(2,3)8-10-15-11(17-16-10)13(4)6-5-7-14-9-13/h14H,5-9H2,1-4H3. The molecule has 0 bridgehead atoms. The molecule has 0 aliphatic carbocycles. The molecule has 2 rings (SSSR count). The summed E-state index contributed by atoms with van der Waals surface area (Å²) in [4.78, 5) is 4.57. The minimum atomic E-state index is 0.0153. The summed E-state index contributed by atoms with van der Waals surface area (Å²) in [5, 5.41) is 7.51. The van der Waals surface area contributed by atoms with Crippen LogP contribution in [0, 0.1) is 5.41 Å². The van der Waals surface area contributed by atoms with E-state index in [4.69, 9.17) is 4.52 Å². The lowest BCUT2D eigenvalue weighted by atomic mass is 9.82. The van der Waals surface area contributed by atoms with Gasteiger partial charge in [0.2, 0.25) is 5.89 Å². The molecule has 1 fully saturated rings. The first-order chi connectivity index (χ1) is 7.89. The van der Waals surface area contributed by atoms with Crippen molar-refractivity contribution in [1.29, 1.82) is 0 Å². The lowest BCUT2D eigenvalue weighted by Gasteiger charge is -2.30. The molecule has 4 nitrogen and oxygen atoms in total. The van der Waals surface area contributed by atoms with Gasteiger partial charge >= 0.3 is 0 Å². The minimum Gasteiger partial charge on any atom is -0.339 e. The third kappa shape index (κ3) is 3.06. The van der Waals surface area contributed by atoms with Crippen molar-refractivity contribution in [2.75, 3.05) is 13.1 Å². The molecule has 0 spiro atoms. The fourth-order valence-electron chi connectivity index (χ4n) is 2.28. The van der Waals surface area contributed by atoms with Crippen LogP contribution in [0.1, 0.15) is 52.3 Å². The molecule has 1 aromatic rings. The molecule has 1 N–H and O–H groups in total. The molecule has 0 radical (unpaired) electrons. The van der Waals surface area contributed by atoms with Gasteiger partial charge in [-0.3, -0.25) is 0 Å². The third-order valence-electron chi connectivity index (χ3n) is 3.27. The van der Waals surface area contributed by atoms with Gasteiger partial charge in [0.25, 0.3) is 0 Å². The number of nitrogens with zero attached hydrogens (tertiary/aromatic N) is 2. The van der Waals surface area contributed by atoms with Crippen LogP contribution in [0.3, 0.4) is 0 Å². The first-order valence-electron chi connectivity index (χ1n) is 6.43. The maximum Gasteiger partial charge on any atom is 0.233 e. The predicted molar refractivity (Wildman–Crippen MR) is 66.9 cm³/mol. The van der Waals surface area contributed by atoms with E-state index in [1.54, 1.807) is 0 Å². The lowest BCUT2D eigenvalue weighted by Crippen LogP contribution is -2.41. The van der Waals surface area contributed by atoms with Crippen molar-refractivity contribution in [3.05, 3.63) is 11.7 Å². The van der Waals surface area contributed by atoms with Gasteiger partial charge in [0.15, 0.2) is 5.82 Å². The van der Waals surface area contributed by atoms with Crippen LogP contribution in [-0.4, -0.2) is 23.2 Å². The van der Waals surface area contributed by atoms with Crippen molar-refractivity contribution < 1.29 is 4.52 Å². The van der Waals surface area contributed by atoms with E-state index >= 15 is 0 Å². The quantitative estimate of drug-likeness (QED) is 0.857. The number of hydrogen-bond donors (Lipinski definition) is 1. The van der Waals surface area contributed by atoms with Gasteiger partial charge in [-0.1, -0.05) is 25.9 Å². The molecule has 1 aromatic heterocycles. The molecule has 0 aromatic carbocycles. The second kappa shape index (κ2) is 4.41. The van der Waals surface area contributed by atoms with Crippen LogP contribution in [0.15, 0.2) is 4.52 Å². The van der Waals surface area contributed by atoms with Crippen molar-refractivity contribution >= 4 is 0 Å². The summed E-state index contributed by atoms with van der Waals surface area (Å²) >= 11 is 0. The average molecular weight is 237 g/mol. The monoisotopic (exact) mass is 237 g/mol. The molecule has 1 unspecified atom stereocenters. The Morgan fingerprint density at radius 3 is 2.76 bits per heavy atom. The zero-order valence-electron chi connectivity index (χ0n) is 11.3. The number of nitrogens with one attached hydrogen (secondary N) is 1. The van der Waals surface area contributed by atoms with Gasteiger partial charge in [0.1, 0.15) is 0 Å². The number of aromatic nitrogens is 2. The van der Waals surface area contributed by atoms with Gasteiger partial charge in [-0.25, -0.2) is 0 Å². The van der Waals surface area contributed by atoms with E-state index in [0.29, 0.717) is 0 Å². The Hall–Kier alpha value is -0.900. The fourth-order valence-corrected chi connectivity index (χ4v) is 2.28. The number of rotatable bonds is 2. The van der Waals surface area contributed by atoms with Crippen LogP contribution < -0.4 is 5.32 Å². The Labute approximate surface area is 103 Å². The summed E-state index contributed by atoms with van der Waals surface area (Å²) in [6.45, 7) is 10.8. The molecule has 1 aliphatic rings. The molecule has 96 valence electrons. The van der Waals surface area contributed by atoms with Crippen LogP contribution >= 0.6 is 0 Å². The zero-order valence-corrected chi connectivity index (χ0v) is 11.3. The molecule has 17 heavy (non-hydrogen) atoms. The average Bonchev–Trinajstić information content (AvgIpc) is 2.65. The van der Waals surface area contributed by atoms with Crippen molar-refractivity contribution in [3.63, 3.8) is 0 Å². The molecule has 1 aliphatic heterocycles. The molecule has 0 saturated carbocycles. The Kier molecular flexibility index (Phi) is 3.25. The van der Waals surface area contributed by atoms with Gasteiger partial charge in [0.05, 0.1) is 5.41 Å². The molecule has 1 saturated heterocycles. The molecular formula is C13H23N3O. The second-order valence-electron chi connectivity index (χ2n) is 6.59. The van der Waals surface area contributed by atoms with Gasteiger partial charge in [-0.15, -0.1) is 0 Å². The topological polar surface area (TPSA) is 51.0 Å². The zero-order chi connectivity index (χ0) is 12.5. The van der Waals surface area contributed by atoms with Crippen LogP contribution in [-0.2, 0) is 11.8 Å². The van der Waals surface area contributed by atoms with E-state index in [9.17, 15) is 0 Å². The Bertz CT molecular complexity index is 372. The van der Waals surface area contributed by atoms with E-state index in [0.717, 1.165) is 37.6 Å². The molecule has 1 atom stereocenters. The Morgan fingerprint density at radius 1 is 1.41 bits per heavy atom. The van der Waals surface area contributed by atoms with E-state index < -0.39 is 0 Å². The number of piperidine rings is 1. The maximum absolute atomic E-state index is 5.45.